The van der Waals surface area contributed by atoms with Crippen molar-refractivity contribution >= 4 is 40.6 Å². The Labute approximate surface area is 147 Å². The zero-order valence-corrected chi connectivity index (χ0v) is 13.9. The Bertz CT molecular complexity index is 918. The zero-order chi connectivity index (χ0) is 18.1. The number of hydrogen-bond donors (Lipinski definition) is 2. The summed E-state index contributed by atoms with van der Waals surface area (Å²) >= 11 is 0.815. The third-order valence-electron chi connectivity index (χ3n) is 3.67. The summed E-state index contributed by atoms with van der Waals surface area (Å²) in [6.45, 7) is 1.70. The quantitative estimate of drug-likeness (QED) is 0.816. The van der Waals surface area contributed by atoms with E-state index in [1.807, 2.05) is 0 Å². The van der Waals surface area contributed by atoms with Gasteiger partial charge in [-0.15, -0.1) is 0 Å². The van der Waals surface area contributed by atoms with Gasteiger partial charge in [0.15, 0.2) is 0 Å². The molecule has 0 aromatic heterocycles. The molecule has 25 heavy (non-hydrogen) atoms. The Morgan fingerprint density at radius 1 is 1.12 bits per heavy atom. The number of carbonyl (C=O) groups excluding carboxylic acids is 2. The third-order valence-corrected chi connectivity index (χ3v) is 4.54. The Morgan fingerprint density at radius 3 is 2.40 bits per heavy atom. The van der Waals surface area contributed by atoms with E-state index >= 15 is 0 Å². The van der Waals surface area contributed by atoms with E-state index in [-0.39, 0.29) is 16.2 Å². The summed E-state index contributed by atoms with van der Waals surface area (Å²) in [7, 11) is 0. The normalized spacial score (nSPS) is 15.9. The Balaban J connectivity index is 1.91. The summed E-state index contributed by atoms with van der Waals surface area (Å²) in [5, 5.41) is 17.9. The molecule has 0 aliphatic carbocycles. The molecule has 1 fully saturated rings. The molecule has 1 saturated heterocycles. The van der Waals surface area contributed by atoms with Gasteiger partial charge in [-0.05, 0) is 66.2 Å². The molecule has 6 nitrogen and oxygen atoms in total. The number of carbonyl (C=O) groups is 3. The molecule has 0 unspecified atom stereocenters. The van der Waals surface area contributed by atoms with E-state index in [4.69, 9.17) is 5.11 Å². The number of aryl methyl sites for hydroxylation is 1. The highest BCUT2D eigenvalue weighted by Crippen LogP contribution is 2.37. The Kier molecular flexibility index (Phi) is 4.33. The molecule has 0 bridgehead atoms. The van der Waals surface area contributed by atoms with E-state index in [2.05, 4.69) is 0 Å². The molecule has 2 aromatic carbocycles. The van der Waals surface area contributed by atoms with Crippen LogP contribution in [0, 0.1) is 6.92 Å². The summed E-state index contributed by atoms with van der Waals surface area (Å²) in [6.07, 6.45) is 1.55. The van der Waals surface area contributed by atoms with Crippen LogP contribution < -0.4 is 4.90 Å². The number of aromatic carboxylic acids is 1. The Morgan fingerprint density at radius 2 is 1.80 bits per heavy atom. The van der Waals surface area contributed by atoms with Gasteiger partial charge in [-0.25, -0.2) is 9.69 Å². The van der Waals surface area contributed by atoms with Crippen molar-refractivity contribution in [2.24, 2.45) is 0 Å². The number of aromatic hydroxyl groups is 1. The van der Waals surface area contributed by atoms with Crippen LogP contribution in [-0.4, -0.2) is 27.3 Å². The lowest BCUT2D eigenvalue weighted by Gasteiger charge is -2.15. The predicted molar refractivity (Wildman–Crippen MR) is 94.7 cm³/mol. The van der Waals surface area contributed by atoms with Gasteiger partial charge in [-0.3, -0.25) is 9.59 Å². The molecule has 0 spiro atoms. The molecule has 2 amide bonds. The number of phenols is 1. The van der Waals surface area contributed by atoms with E-state index in [9.17, 15) is 19.5 Å². The average molecular weight is 355 g/mol. The van der Waals surface area contributed by atoms with E-state index in [0.29, 0.717) is 16.8 Å². The topological polar surface area (TPSA) is 94.9 Å². The van der Waals surface area contributed by atoms with Gasteiger partial charge in [0.2, 0.25) is 0 Å². The minimum atomic E-state index is -1.03. The fourth-order valence-electron chi connectivity index (χ4n) is 2.44. The molecule has 2 aromatic rings. The summed E-state index contributed by atoms with van der Waals surface area (Å²) in [4.78, 5) is 37.0. The first-order valence-electron chi connectivity index (χ1n) is 7.28. The van der Waals surface area contributed by atoms with Crippen molar-refractivity contribution in [3.8, 4) is 5.75 Å². The first-order chi connectivity index (χ1) is 11.9. The van der Waals surface area contributed by atoms with E-state index in [0.717, 1.165) is 16.7 Å². The van der Waals surface area contributed by atoms with Crippen molar-refractivity contribution < 1.29 is 24.6 Å². The van der Waals surface area contributed by atoms with Crippen molar-refractivity contribution in [1.29, 1.82) is 0 Å². The van der Waals surface area contributed by atoms with Gasteiger partial charge in [-0.2, -0.15) is 0 Å². The summed E-state index contributed by atoms with van der Waals surface area (Å²) in [5.74, 6) is -1.43. The first kappa shape index (κ1) is 16.8. The number of phenolic OH excluding ortho intramolecular Hbond substituents is 1. The molecule has 1 aliphatic heterocycles. The molecule has 0 radical (unpaired) electrons. The van der Waals surface area contributed by atoms with Crippen LogP contribution in [-0.2, 0) is 4.79 Å². The fourth-order valence-corrected chi connectivity index (χ4v) is 3.27. The third kappa shape index (κ3) is 3.27. The molecule has 0 atom stereocenters. The molecular formula is C18H13NO5S. The molecule has 1 aliphatic rings. The van der Waals surface area contributed by atoms with Crippen LogP contribution in [0.4, 0.5) is 10.5 Å². The predicted octanol–water partition coefficient (Wildman–Crippen LogP) is 3.64. The molecule has 1 heterocycles. The number of hydrogen-bond acceptors (Lipinski definition) is 5. The van der Waals surface area contributed by atoms with E-state index in [1.165, 1.54) is 30.3 Å². The van der Waals surface area contributed by atoms with Gasteiger partial charge < -0.3 is 10.2 Å². The monoisotopic (exact) mass is 355 g/mol. The van der Waals surface area contributed by atoms with Crippen molar-refractivity contribution in [1.82, 2.24) is 0 Å². The minimum Gasteiger partial charge on any atom is -0.508 e. The van der Waals surface area contributed by atoms with Crippen LogP contribution in [0.15, 0.2) is 47.4 Å². The van der Waals surface area contributed by atoms with Gasteiger partial charge >= 0.3 is 5.97 Å². The van der Waals surface area contributed by atoms with Gasteiger partial charge in [0.25, 0.3) is 11.1 Å². The number of nitrogens with zero attached hydrogens (tertiary/aromatic N) is 1. The number of thioether (sulfide) groups is 1. The molecular weight excluding hydrogens is 342 g/mol. The maximum atomic E-state index is 12.6. The molecule has 3 rings (SSSR count). The maximum absolute atomic E-state index is 12.6. The fraction of sp³-hybridized carbons (Fsp3) is 0.0556. The highest BCUT2D eigenvalue weighted by atomic mass is 32.2. The van der Waals surface area contributed by atoms with Crippen LogP contribution in [0.25, 0.3) is 6.08 Å². The lowest BCUT2D eigenvalue weighted by molar-refractivity contribution is -0.113. The van der Waals surface area contributed by atoms with E-state index < -0.39 is 17.1 Å². The van der Waals surface area contributed by atoms with Gasteiger partial charge in [0.1, 0.15) is 5.75 Å². The van der Waals surface area contributed by atoms with Crippen LogP contribution in [0.3, 0.4) is 0 Å². The lowest BCUT2D eigenvalue weighted by atomic mass is 10.1. The Hall–Kier alpha value is -3.06. The van der Waals surface area contributed by atoms with Crippen molar-refractivity contribution in [2.75, 3.05) is 4.90 Å². The van der Waals surface area contributed by atoms with Crippen LogP contribution in [0.2, 0.25) is 0 Å². The number of anilines is 1. The average Bonchev–Trinajstić information content (AvgIpc) is 2.82. The summed E-state index contributed by atoms with van der Waals surface area (Å²) < 4.78 is 0. The second-order valence-corrected chi connectivity index (χ2v) is 6.41. The largest absolute Gasteiger partial charge is 0.508 e. The standard InChI is InChI=1S/C18H13NO5S/c1-10-8-13(20)6-7-14(10)19-16(21)15(25-18(19)24)9-11-2-4-12(5-3-11)17(22)23/h2-9,20H,1H3,(H,22,23)/b15-9+. The van der Waals surface area contributed by atoms with Gasteiger partial charge in [-0.1, -0.05) is 12.1 Å². The number of rotatable bonds is 3. The van der Waals surface area contributed by atoms with Crippen LogP contribution >= 0.6 is 11.8 Å². The first-order valence-corrected chi connectivity index (χ1v) is 8.09. The van der Waals surface area contributed by atoms with Gasteiger partial charge in [0, 0.05) is 0 Å². The molecule has 2 N–H and O–H groups in total. The smallest absolute Gasteiger partial charge is 0.335 e. The van der Waals surface area contributed by atoms with Crippen LogP contribution in [0.5, 0.6) is 5.75 Å². The summed E-state index contributed by atoms with van der Waals surface area (Å²) in [6, 6.07) is 10.4. The summed E-state index contributed by atoms with van der Waals surface area (Å²) in [5.41, 5.74) is 1.79. The highest BCUT2D eigenvalue weighted by molar-refractivity contribution is 8.19. The second kappa shape index (κ2) is 6.45. The SMILES string of the molecule is Cc1cc(O)ccc1N1C(=O)S/C(=C/c2ccc(C(=O)O)cc2)C1=O. The second-order valence-electron chi connectivity index (χ2n) is 5.42. The van der Waals surface area contributed by atoms with Crippen molar-refractivity contribution in [3.63, 3.8) is 0 Å². The molecule has 126 valence electrons. The van der Waals surface area contributed by atoms with Gasteiger partial charge in [0.05, 0.1) is 16.2 Å². The zero-order valence-electron chi connectivity index (χ0n) is 13.1. The number of carboxylic acids is 1. The lowest BCUT2D eigenvalue weighted by Crippen LogP contribution is -2.28. The van der Waals surface area contributed by atoms with Crippen molar-refractivity contribution in [2.45, 2.75) is 6.92 Å². The number of carboxylic acid groups (broad SMARTS) is 1. The van der Waals surface area contributed by atoms with Crippen molar-refractivity contribution in [3.05, 3.63) is 64.1 Å². The number of amides is 2. The molecule has 0 saturated carbocycles. The maximum Gasteiger partial charge on any atom is 0.335 e. The highest BCUT2D eigenvalue weighted by Gasteiger charge is 2.37. The van der Waals surface area contributed by atoms with Crippen LogP contribution in [0.1, 0.15) is 21.5 Å². The number of benzene rings is 2. The van der Waals surface area contributed by atoms with E-state index in [1.54, 1.807) is 25.1 Å². The minimum absolute atomic E-state index is 0.0577. The molecule has 7 heteroatoms. The number of imide groups is 1.